The molecule has 1 aromatic rings. The summed E-state index contributed by atoms with van der Waals surface area (Å²) in [6.45, 7) is 1.90. The Labute approximate surface area is 87.6 Å². The summed E-state index contributed by atoms with van der Waals surface area (Å²) in [5.74, 6) is 0.286. The number of para-hydroxylation sites is 1. The Kier molecular flexibility index (Phi) is 4.26. The monoisotopic (exact) mass is 214 g/mol. The topological polar surface area (TPSA) is 35.5 Å². The van der Waals surface area contributed by atoms with Gasteiger partial charge in [0.2, 0.25) is 0 Å². The van der Waals surface area contributed by atoms with Crippen LogP contribution in [0, 0.1) is 0 Å². The molecule has 0 bridgehead atoms. The minimum absolute atomic E-state index is 0.237. The second-order valence-corrected chi connectivity index (χ2v) is 3.03. The molecule has 0 radical (unpaired) electrons. The third-order valence-corrected chi connectivity index (χ3v) is 1.80. The predicted octanol–water partition coefficient (Wildman–Crippen LogP) is 2.28. The van der Waals surface area contributed by atoms with Crippen molar-refractivity contribution < 1.29 is 14.3 Å². The van der Waals surface area contributed by atoms with Gasteiger partial charge in [-0.05, 0) is 12.1 Å². The highest BCUT2D eigenvalue weighted by atomic mass is 35.5. The summed E-state index contributed by atoms with van der Waals surface area (Å²) in [6, 6.07) is 7.15. The maximum Gasteiger partial charge on any atom is 0.302 e. The fraction of sp³-hybridized carbons (Fsp3) is 0.300. The second-order valence-electron chi connectivity index (χ2n) is 2.62. The normalized spacial score (nSPS) is 9.57. The third kappa shape index (κ3) is 3.66. The zero-order valence-corrected chi connectivity index (χ0v) is 8.58. The molecule has 0 aliphatic carbocycles. The van der Waals surface area contributed by atoms with Crippen LogP contribution in [0.15, 0.2) is 24.3 Å². The number of carbonyl (C=O) groups excluding carboxylic acids is 1. The van der Waals surface area contributed by atoms with E-state index in [0.717, 1.165) is 0 Å². The molecule has 0 spiro atoms. The molecule has 0 aliphatic heterocycles. The van der Waals surface area contributed by atoms with Gasteiger partial charge in [0, 0.05) is 6.92 Å². The number of esters is 1. The summed E-state index contributed by atoms with van der Waals surface area (Å²) >= 11 is 5.83. The minimum atomic E-state index is -0.312. The molecule has 0 aromatic heterocycles. The van der Waals surface area contributed by atoms with Crippen LogP contribution in [0.25, 0.3) is 0 Å². The van der Waals surface area contributed by atoms with Gasteiger partial charge >= 0.3 is 5.97 Å². The van der Waals surface area contributed by atoms with Crippen LogP contribution in [0.3, 0.4) is 0 Å². The number of rotatable bonds is 4. The van der Waals surface area contributed by atoms with E-state index in [2.05, 4.69) is 0 Å². The average Bonchev–Trinajstić information content (AvgIpc) is 2.15. The summed E-state index contributed by atoms with van der Waals surface area (Å²) in [4.78, 5) is 10.4. The number of carbonyl (C=O) groups is 1. The number of hydrogen-bond acceptors (Lipinski definition) is 3. The Bertz CT molecular complexity index is 312. The molecule has 4 heteroatoms. The molecule has 0 N–H and O–H groups in total. The van der Waals surface area contributed by atoms with Crippen LogP contribution in [0.1, 0.15) is 6.92 Å². The zero-order valence-electron chi connectivity index (χ0n) is 7.83. The molecule has 76 valence electrons. The Morgan fingerprint density at radius 1 is 1.36 bits per heavy atom. The van der Waals surface area contributed by atoms with Gasteiger partial charge in [-0.15, -0.1) is 0 Å². The van der Waals surface area contributed by atoms with Crippen molar-refractivity contribution in [3.05, 3.63) is 29.3 Å². The van der Waals surface area contributed by atoms with E-state index in [1.54, 1.807) is 12.1 Å². The van der Waals surface area contributed by atoms with Crippen LogP contribution in [-0.2, 0) is 9.53 Å². The summed E-state index contributed by atoms with van der Waals surface area (Å²) in [7, 11) is 0. The van der Waals surface area contributed by atoms with Gasteiger partial charge in [0.1, 0.15) is 19.0 Å². The van der Waals surface area contributed by atoms with E-state index in [4.69, 9.17) is 21.1 Å². The van der Waals surface area contributed by atoms with Crippen molar-refractivity contribution in [2.75, 3.05) is 13.2 Å². The lowest BCUT2D eigenvalue weighted by molar-refractivity contribution is -0.141. The molecule has 0 atom stereocenters. The Balaban J connectivity index is 2.31. The molecule has 0 saturated carbocycles. The predicted molar refractivity (Wildman–Crippen MR) is 53.6 cm³/mol. The Hall–Kier alpha value is -1.22. The smallest absolute Gasteiger partial charge is 0.302 e. The maximum atomic E-state index is 10.4. The molecule has 0 aliphatic rings. The zero-order chi connectivity index (χ0) is 10.4. The molecular weight excluding hydrogens is 204 g/mol. The van der Waals surface area contributed by atoms with Crippen molar-refractivity contribution >= 4 is 17.6 Å². The SMILES string of the molecule is CC(=O)OCCOc1ccccc1Cl. The van der Waals surface area contributed by atoms with Crippen molar-refractivity contribution in [3.63, 3.8) is 0 Å². The van der Waals surface area contributed by atoms with Crippen molar-refractivity contribution in [2.45, 2.75) is 6.92 Å². The molecule has 0 heterocycles. The lowest BCUT2D eigenvalue weighted by Crippen LogP contribution is -2.09. The Morgan fingerprint density at radius 2 is 2.07 bits per heavy atom. The number of benzene rings is 1. The van der Waals surface area contributed by atoms with Crippen LogP contribution in [0.5, 0.6) is 5.75 Å². The largest absolute Gasteiger partial charge is 0.488 e. The van der Waals surface area contributed by atoms with Gasteiger partial charge in [-0.25, -0.2) is 0 Å². The van der Waals surface area contributed by atoms with Crippen LogP contribution >= 0.6 is 11.6 Å². The summed E-state index contributed by atoms with van der Waals surface area (Å²) in [5, 5.41) is 0.551. The first-order valence-electron chi connectivity index (χ1n) is 4.21. The quantitative estimate of drug-likeness (QED) is 0.570. The van der Waals surface area contributed by atoms with E-state index in [9.17, 15) is 4.79 Å². The molecule has 0 saturated heterocycles. The lowest BCUT2D eigenvalue weighted by atomic mass is 10.3. The highest BCUT2D eigenvalue weighted by Gasteiger charge is 1.99. The highest BCUT2D eigenvalue weighted by molar-refractivity contribution is 6.32. The second kappa shape index (κ2) is 5.50. The van der Waals surface area contributed by atoms with Crippen LogP contribution < -0.4 is 4.74 Å². The standard InChI is InChI=1S/C10H11ClO3/c1-8(12)13-6-7-14-10-5-3-2-4-9(10)11/h2-5H,6-7H2,1H3. The van der Waals surface area contributed by atoms with Gasteiger partial charge < -0.3 is 9.47 Å². The van der Waals surface area contributed by atoms with E-state index in [0.29, 0.717) is 17.4 Å². The van der Waals surface area contributed by atoms with Crippen LogP contribution in [0.2, 0.25) is 5.02 Å². The number of ether oxygens (including phenoxy) is 2. The van der Waals surface area contributed by atoms with Crippen molar-refractivity contribution in [2.24, 2.45) is 0 Å². The van der Waals surface area contributed by atoms with E-state index in [1.165, 1.54) is 6.92 Å². The van der Waals surface area contributed by atoms with Gasteiger partial charge in [-0.2, -0.15) is 0 Å². The van der Waals surface area contributed by atoms with Gasteiger partial charge in [0.15, 0.2) is 0 Å². The Morgan fingerprint density at radius 3 is 2.71 bits per heavy atom. The third-order valence-electron chi connectivity index (χ3n) is 1.48. The summed E-state index contributed by atoms with van der Waals surface area (Å²) in [5.41, 5.74) is 0. The molecule has 1 aromatic carbocycles. The first-order valence-corrected chi connectivity index (χ1v) is 4.58. The van der Waals surface area contributed by atoms with E-state index >= 15 is 0 Å². The molecule has 0 unspecified atom stereocenters. The van der Waals surface area contributed by atoms with Crippen LogP contribution in [-0.4, -0.2) is 19.2 Å². The lowest BCUT2D eigenvalue weighted by Gasteiger charge is -2.07. The van der Waals surface area contributed by atoms with Gasteiger partial charge in [-0.1, -0.05) is 23.7 Å². The first-order chi connectivity index (χ1) is 6.70. The fourth-order valence-corrected chi connectivity index (χ4v) is 1.09. The fourth-order valence-electron chi connectivity index (χ4n) is 0.899. The highest BCUT2D eigenvalue weighted by Crippen LogP contribution is 2.22. The van der Waals surface area contributed by atoms with Gasteiger partial charge in [0.25, 0.3) is 0 Å². The number of halogens is 1. The van der Waals surface area contributed by atoms with E-state index in [-0.39, 0.29) is 12.6 Å². The number of hydrogen-bond donors (Lipinski definition) is 0. The average molecular weight is 215 g/mol. The summed E-state index contributed by atoms with van der Waals surface area (Å²) in [6.07, 6.45) is 0. The van der Waals surface area contributed by atoms with Gasteiger partial charge in [0.05, 0.1) is 5.02 Å². The summed E-state index contributed by atoms with van der Waals surface area (Å²) < 4.78 is 9.97. The molecule has 1 rings (SSSR count). The van der Waals surface area contributed by atoms with Crippen molar-refractivity contribution in [3.8, 4) is 5.75 Å². The van der Waals surface area contributed by atoms with Crippen LogP contribution in [0.4, 0.5) is 0 Å². The molecule has 0 fully saturated rings. The molecule has 3 nitrogen and oxygen atoms in total. The molecule has 14 heavy (non-hydrogen) atoms. The molecular formula is C10H11ClO3. The van der Waals surface area contributed by atoms with E-state index in [1.807, 2.05) is 12.1 Å². The van der Waals surface area contributed by atoms with Crippen molar-refractivity contribution in [1.29, 1.82) is 0 Å². The maximum absolute atomic E-state index is 10.4. The van der Waals surface area contributed by atoms with Crippen molar-refractivity contribution in [1.82, 2.24) is 0 Å². The molecule has 0 amide bonds. The first kappa shape index (κ1) is 10.9. The van der Waals surface area contributed by atoms with Gasteiger partial charge in [-0.3, -0.25) is 4.79 Å². The van der Waals surface area contributed by atoms with E-state index < -0.39 is 0 Å². The minimum Gasteiger partial charge on any atom is -0.488 e.